The van der Waals surface area contributed by atoms with Gasteiger partial charge < -0.3 is 9.39 Å². The van der Waals surface area contributed by atoms with Crippen LogP contribution in [0.3, 0.4) is 0 Å². The van der Waals surface area contributed by atoms with E-state index < -0.39 is 0 Å². The van der Waals surface area contributed by atoms with Crippen LogP contribution in [0.25, 0.3) is 0 Å². The Morgan fingerprint density at radius 3 is 2.00 bits per heavy atom. The van der Waals surface area contributed by atoms with Gasteiger partial charge in [-0.3, -0.25) is 0 Å². The molecular formula is C12H25BO2. The van der Waals surface area contributed by atoms with E-state index in [9.17, 15) is 0 Å². The summed E-state index contributed by atoms with van der Waals surface area (Å²) in [5.41, 5.74) is 0. The van der Waals surface area contributed by atoms with E-state index in [2.05, 4.69) is 13.8 Å². The molecule has 0 radical (unpaired) electrons. The summed E-state index contributed by atoms with van der Waals surface area (Å²) < 4.78 is 10.9. The number of unbranched alkanes of at least 4 members (excludes halogenated alkanes) is 2. The van der Waals surface area contributed by atoms with Crippen LogP contribution in [0.5, 0.6) is 0 Å². The van der Waals surface area contributed by atoms with Gasteiger partial charge in [-0.05, 0) is 25.6 Å². The minimum absolute atomic E-state index is 0.330. The lowest BCUT2D eigenvalue weighted by atomic mass is 9.59. The SMILES string of the molecule is C/C=C(/OC)OB(CCCC)CCCC. The summed E-state index contributed by atoms with van der Waals surface area (Å²) in [6.45, 7) is 6.69. The third-order valence-electron chi connectivity index (χ3n) is 2.48. The van der Waals surface area contributed by atoms with E-state index in [4.69, 9.17) is 9.39 Å². The molecule has 0 atom stereocenters. The van der Waals surface area contributed by atoms with Crippen molar-refractivity contribution in [2.45, 2.75) is 59.1 Å². The Kier molecular flexibility index (Phi) is 9.55. The van der Waals surface area contributed by atoms with Crippen LogP contribution in [0, 0.1) is 0 Å². The van der Waals surface area contributed by atoms with E-state index in [1.807, 2.05) is 13.0 Å². The summed E-state index contributed by atoms with van der Waals surface area (Å²) in [4.78, 5) is 0. The van der Waals surface area contributed by atoms with Crippen LogP contribution in [-0.4, -0.2) is 14.0 Å². The molecule has 0 saturated heterocycles. The molecule has 0 spiro atoms. The third-order valence-corrected chi connectivity index (χ3v) is 2.48. The first-order valence-electron chi connectivity index (χ1n) is 6.15. The topological polar surface area (TPSA) is 18.5 Å². The Morgan fingerprint density at radius 2 is 1.67 bits per heavy atom. The highest BCUT2D eigenvalue weighted by molar-refractivity contribution is 6.52. The van der Waals surface area contributed by atoms with Gasteiger partial charge in [-0.25, -0.2) is 0 Å². The molecule has 15 heavy (non-hydrogen) atoms. The predicted molar refractivity (Wildman–Crippen MR) is 67.0 cm³/mol. The fourth-order valence-electron chi connectivity index (χ4n) is 1.52. The van der Waals surface area contributed by atoms with Gasteiger partial charge in [0.15, 0.2) is 0 Å². The fourth-order valence-corrected chi connectivity index (χ4v) is 1.52. The van der Waals surface area contributed by atoms with E-state index in [0.717, 1.165) is 12.6 Å². The van der Waals surface area contributed by atoms with Gasteiger partial charge in [-0.2, -0.15) is 0 Å². The quantitative estimate of drug-likeness (QED) is 0.423. The highest BCUT2D eigenvalue weighted by Crippen LogP contribution is 2.14. The Bertz CT molecular complexity index is 161. The van der Waals surface area contributed by atoms with Crippen LogP contribution in [-0.2, 0) is 9.39 Å². The second kappa shape index (κ2) is 9.94. The number of hydrogen-bond donors (Lipinski definition) is 0. The zero-order valence-electron chi connectivity index (χ0n) is 10.7. The number of methoxy groups -OCH3 is 1. The molecule has 0 aliphatic carbocycles. The van der Waals surface area contributed by atoms with Crippen molar-refractivity contribution in [1.82, 2.24) is 0 Å². The molecule has 0 heterocycles. The van der Waals surface area contributed by atoms with Gasteiger partial charge >= 0.3 is 6.92 Å². The standard InChI is InChI=1S/C12H25BO2/c1-5-8-10-13(11-9-6-2)15-12(7-3)14-4/h7H,5-6,8-11H2,1-4H3/b12-7-. The normalized spacial score (nSPS) is 11.3. The van der Waals surface area contributed by atoms with Gasteiger partial charge in [0.05, 0.1) is 7.11 Å². The monoisotopic (exact) mass is 212 g/mol. The zero-order chi connectivity index (χ0) is 11.5. The van der Waals surface area contributed by atoms with Gasteiger partial charge in [-0.15, -0.1) is 0 Å². The van der Waals surface area contributed by atoms with Crippen molar-refractivity contribution in [2.24, 2.45) is 0 Å². The molecule has 0 aromatic carbocycles. The maximum absolute atomic E-state index is 5.79. The smallest absolute Gasteiger partial charge is 0.361 e. The van der Waals surface area contributed by atoms with Crippen LogP contribution in [0.2, 0.25) is 12.6 Å². The molecule has 88 valence electrons. The molecule has 0 saturated carbocycles. The molecule has 0 aromatic heterocycles. The summed E-state index contributed by atoms with van der Waals surface area (Å²) >= 11 is 0. The van der Waals surface area contributed by atoms with Crippen molar-refractivity contribution in [2.75, 3.05) is 7.11 Å². The number of allylic oxidation sites excluding steroid dienone is 1. The second-order valence-electron chi connectivity index (χ2n) is 3.84. The first-order valence-corrected chi connectivity index (χ1v) is 6.15. The van der Waals surface area contributed by atoms with Crippen LogP contribution in [0.1, 0.15) is 46.5 Å². The molecule has 0 aliphatic rings. The highest BCUT2D eigenvalue weighted by atomic mass is 16.6. The van der Waals surface area contributed by atoms with Crippen LogP contribution >= 0.6 is 0 Å². The Labute approximate surface area is 95.1 Å². The average molecular weight is 212 g/mol. The van der Waals surface area contributed by atoms with Gasteiger partial charge in [-0.1, -0.05) is 39.5 Å². The Morgan fingerprint density at radius 1 is 1.13 bits per heavy atom. The van der Waals surface area contributed by atoms with Gasteiger partial charge in [0, 0.05) is 0 Å². The van der Waals surface area contributed by atoms with E-state index in [1.165, 1.54) is 25.7 Å². The second-order valence-corrected chi connectivity index (χ2v) is 3.84. The molecular weight excluding hydrogens is 187 g/mol. The summed E-state index contributed by atoms with van der Waals surface area (Å²) in [5.74, 6) is 0.659. The van der Waals surface area contributed by atoms with Crippen LogP contribution in [0.15, 0.2) is 12.0 Å². The van der Waals surface area contributed by atoms with Gasteiger partial charge in [0.2, 0.25) is 0 Å². The molecule has 2 nitrogen and oxygen atoms in total. The van der Waals surface area contributed by atoms with Gasteiger partial charge in [0.25, 0.3) is 5.95 Å². The van der Waals surface area contributed by atoms with E-state index in [-0.39, 0.29) is 0 Å². The maximum Gasteiger partial charge on any atom is 0.361 e. The van der Waals surface area contributed by atoms with Crippen LogP contribution in [0.4, 0.5) is 0 Å². The molecule has 0 amide bonds. The first-order chi connectivity index (χ1) is 7.28. The van der Waals surface area contributed by atoms with E-state index >= 15 is 0 Å². The van der Waals surface area contributed by atoms with Crippen molar-refractivity contribution < 1.29 is 9.39 Å². The summed E-state index contributed by atoms with van der Waals surface area (Å²) in [6, 6.07) is 0. The summed E-state index contributed by atoms with van der Waals surface area (Å²) in [6.07, 6.45) is 9.07. The fraction of sp³-hybridized carbons (Fsp3) is 0.833. The number of ether oxygens (including phenoxy) is 1. The Hall–Kier alpha value is -0.595. The van der Waals surface area contributed by atoms with E-state index in [0.29, 0.717) is 12.9 Å². The molecule has 0 aromatic rings. The average Bonchev–Trinajstić information content (AvgIpc) is 2.28. The maximum atomic E-state index is 5.79. The first kappa shape index (κ1) is 14.4. The largest absolute Gasteiger partial charge is 0.536 e. The van der Waals surface area contributed by atoms with Crippen molar-refractivity contribution >= 4 is 6.92 Å². The summed E-state index contributed by atoms with van der Waals surface area (Å²) in [7, 11) is 1.66. The molecule has 0 rings (SSSR count). The van der Waals surface area contributed by atoms with Crippen molar-refractivity contribution in [3.05, 3.63) is 12.0 Å². The lowest BCUT2D eigenvalue weighted by Crippen LogP contribution is -2.18. The minimum atomic E-state index is 0.330. The highest BCUT2D eigenvalue weighted by Gasteiger charge is 2.17. The molecule has 0 unspecified atom stereocenters. The summed E-state index contributed by atoms with van der Waals surface area (Å²) in [5, 5.41) is 0. The lowest BCUT2D eigenvalue weighted by Gasteiger charge is -2.16. The Balaban J connectivity index is 3.97. The molecule has 0 N–H and O–H groups in total. The molecule has 0 bridgehead atoms. The van der Waals surface area contributed by atoms with Crippen molar-refractivity contribution in [3.63, 3.8) is 0 Å². The lowest BCUT2D eigenvalue weighted by molar-refractivity contribution is 0.149. The number of hydrogen-bond acceptors (Lipinski definition) is 2. The van der Waals surface area contributed by atoms with Crippen LogP contribution < -0.4 is 0 Å². The van der Waals surface area contributed by atoms with Crippen molar-refractivity contribution in [1.29, 1.82) is 0 Å². The minimum Gasteiger partial charge on any atom is -0.536 e. The molecule has 0 fully saturated rings. The predicted octanol–water partition coefficient (Wildman–Crippen LogP) is 4.10. The third kappa shape index (κ3) is 7.35. The molecule has 0 aliphatic heterocycles. The zero-order valence-corrected chi connectivity index (χ0v) is 10.7. The van der Waals surface area contributed by atoms with Gasteiger partial charge in [0.1, 0.15) is 0 Å². The van der Waals surface area contributed by atoms with E-state index in [1.54, 1.807) is 7.11 Å². The number of rotatable bonds is 9. The molecule has 3 heteroatoms. The van der Waals surface area contributed by atoms with Crippen molar-refractivity contribution in [3.8, 4) is 0 Å².